The summed E-state index contributed by atoms with van der Waals surface area (Å²) in [6.07, 6.45) is 6.20. The number of Topliss-reactive ketones (excluding diaryl/α,β-unsaturated/α-hetero) is 2. The summed E-state index contributed by atoms with van der Waals surface area (Å²) in [6.45, 7) is 8.45. The number of hydrogen-bond donors (Lipinski definition) is 0. The highest BCUT2D eigenvalue weighted by Crippen LogP contribution is 2.60. The minimum Gasteiger partial charge on any atom is -0.493 e. The molecule has 3 heteroatoms. The fourth-order valence-corrected chi connectivity index (χ4v) is 5.30. The lowest BCUT2D eigenvalue weighted by Crippen LogP contribution is -2.52. The number of methoxy groups -OCH3 is 1. The van der Waals surface area contributed by atoms with Crippen molar-refractivity contribution in [3.8, 4) is 0 Å². The van der Waals surface area contributed by atoms with Gasteiger partial charge in [0.15, 0.2) is 11.5 Å². The molecule has 1 fully saturated rings. The molecule has 0 spiro atoms. The molecular formula is C19H26O3. The van der Waals surface area contributed by atoms with E-state index in [0.717, 1.165) is 19.3 Å². The van der Waals surface area contributed by atoms with Crippen LogP contribution in [-0.2, 0) is 14.3 Å². The van der Waals surface area contributed by atoms with E-state index in [0.29, 0.717) is 12.0 Å². The molecule has 0 aromatic carbocycles. The van der Waals surface area contributed by atoms with Gasteiger partial charge in [-0.25, -0.2) is 0 Å². The summed E-state index contributed by atoms with van der Waals surface area (Å²) < 4.78 is 5.30. The Balaban J connectivity index is 2.14. The van der Waals surface area contributed by atoms with E-state index in [1.54, 1.807) is 6.92 Å². The second-order valence-electron chi connectivity index (χ2n) is 7.98. The van der Waals surface area contributed by atoms with E-state index in [1.165, 1.54) is 12.7 Å². The van der Waals surface area contributed by atoms with Gasteiger partial charge in [-0.3, -0.25) is 9.59 Å². The normalized spacial score (nSPS) is 37.4. The van der Waals surface area contributed by atoms with Gasteiger partial charge in [0, 0.05) is 17.4 Å². The van der Waals surface area contributed by atoms with E-state index in [4.69, 9.17) is 4.74 Å². The maximum absolute atomic E-state index is 13.1. The Bertz CT molecular complexity index is 608. The average Bonchev–Trinajstić information content (AvgIpc) is 2.43. The van der Waals surface area contributed by atoms with Crippen LogP contribution >= 0.6 is 0 Å². The van der Waals surface area contributed by atoms with Gasteiger partial charge in [-0.2, -0.15) is 0 Å². The third kappa shape index (κ3) is 1.87. The molecule has 3 aliphatic rings. The van der Waals surface area contributed by atoms with Crippen LogP contribution in [0.5, 0.6) is 0 Å². The molecule has 1 saturated carbocycles. The molecule has 0 N–H and O–H groups in total. The molecule has 0 bridgehead atoms. The number of carbonyl (C=O) groups is 2. The van der Waals surface area contributed by atoms with E-state index >= 15 is 0 Å². The van der Waals surface area contributed by atoms with Crippen LogP contribution in [0, 0.1) is 22.7 Å². The first-order valence-electron chi connectivity index (χ1n) is 8.28. The standard InChI is InChI=1S/C19H26O3/c1-11-15(20)12-7-8-13-18(2,3)9-6-10-19(13,4)14(12)16(21)17(11)22-5/h8,12,14H,6-7,9-10H2,1-5H3. The van der Waals surface area contributed by atoms with Gasteiger partial charge < -0.3 is 4.74 Å². The third-order valence-electron chi connectivity index (χ3n) is 6.26. The van der Waals surface area contributed by atoms with Crippen molar-refractivity contribution in [1.82, 2.24) is 0 Å². The molecule has 3 aliphatic carbocycles. The fraction of sp³-hybridized carbons (Fsp3) is 0.684. The van der Waals surface area contributed by atoms with Gasteiger partial charge in [-0.05, 0) is 37.0 Å². The monoisotopic (exact) mass is 302 g/mol. The van der Waals surface area contributed by atoms with Gasteiger partial charge in [0.1, 0.15) is 0 Å². The Morgan fingerprint density at radius 3 is 2.45 bits per heavy atom. The zero-order valence-electron chi connectivity index (χ0n) is 14.3. The predicted molar refractivity (Wildman–Crippen MR) is 85.1 cm³/mol. The van der Waals surface area contributed by atoms with Crippen LogP contribution in [0.2, 0.25) is 0 Å². The highest BCUT2D eigenvalue weighted by atomic mass is 16.5. The lowest BCUT2D eigenvalue weighted by Gasteiger charge is -2.54. The number of carbonyl (C=O) groups excluding carboxylic acids is 2. The quantitative estimate of drug-likeness (QED) is 0.691. The molecule has 0 amide bonds. The molecule has 120 valence electrons. The predicted octanol–water partition coefficient (Wildman–Crippen LogP) is 3.84. The summed E-state index contributed by atoms with van der Waals surface area (Å²) in [5.41, 5.74) is 1.79. The van der Waals surface area contributed by atoms with Crippen molar-refractivity contribution in [2.45, 2.75) is 53.4 Å². The lowest BCUT2D eigenvalue weighted by atomic mass is 9.48. The molecule has 22 heavy (non-hydrogen) atoms. The second-order valence-corrected chi connectivity index (χ2v) is 7.98. The van der Waals surface area contributed by atoms with Gasteiger partial charge in [0.2, 0.25) is 5.78 Å². The molecule has 0 aromatic rings. The summed E-state index contributed by atoms with van der Waals surface area (Å²) >= 11 is 0. The number of rotatable bonds is 1. The number of ketones is 2. The molecule has 3 unspecified atom stereocenters. The molecule has 3 atom stereocenters. The Morgan fingerprint density at radius 2 is 1.82 bits per heavy atom. The van der Waals surface area contributed by atoms with Gasteiger partial charge in [0.05, 0.1) is 7.11 Å². The Hall–Kier alpha value is -1.38. The zero-order valence-corrected chi connectivity index (χ0v) is 14.3. The maximum Gasteiger partial charge on any atom is 0.202 e. The van der Waals surface area contributed by atoms with Crippen molar-refractivity contribution in [3.63, 3.8) is 0 Å². The molecule has 3 rings (SSSR count). The number of allylic oxidation sites excluding steroid dienone is 4. The summed E-state index contributed by atoms with van der Waals surface area (Å²) in [4.78, 5) is 25.8. The van der Waals surface area contributed by atoms with Crippen molar-refractivity contribution < 1.29 is 14.3 Å². The first-order chi connectivity index (χ1) is 10.2. The molecule has 0 heterocycles. The lowest BCUT2D eigenvalue weighted by molar-refractivity contribution is -0.139. The summed E-state index contributed by atoms with van der Waals surface area (Å²) in [5.74, 6) is -0.0267. The first kappa shape index (κ1) is 15.5. The summed E-state index contributed by atoms with van der Waals surface area (Å²) in [6, 6.07) is 0. The molecular weight excluding hydrogens is 276 g/mol. The SMILES string of the molecule is COC1=C(C)C(=O)C2CC=C3C(C)(C)CCCC3(C)C2C1=O. The smallest absolute Gasteiger partial charge is 0.202 e. The number of ether oxygens (including phenoxy) is 1. The van der Waals surface area contributed by atoms with Gasteiger partial charge in [0.25, 0.3) is 0 Å². The van der Waals surface area contributed by atoms with Crippen LogP contribution in [0.1, 0.15) is 53.4 Å². The van der Waals surface area contributed by atoms with E-state index in [1.807, 2.05) is 0 Å². The summed E-state index contributed by atoms with van der Waals surface area (Å²) in [7, 11) is 1.50. The third-order valence-corrected chi connectivity index (χ3v) is 6.26. The zero-order chi connectivity index (χ0) is 16.3. The largest absolute Gasteiger partial charge is 0.493 e. The average molecular weight is 302 g/mol. The fourth-order valence-electron chi connectivity index (χ4n) is 5.30. The van der Waals surface area contributed by atoms with E-state index in [-0.39, 0.29) is 40.0 Å². The highest BCUT2D eigenvalue weighted by Gasteiger charge is 2.57. The van der Waals surface area contributed by atoms with Crippen LogP contribution in [0.4, 0.5) is 0 Å². The number of hydrogen-bond acceptors (Lipinski definition) is 3. The maximum atomic E-state index is 13.1. The van der Waals surface area contributed by atoms with Crippen molar-refractivity contribution in [2.24, 2.45) is 22.7 Å². The van der Waals surface area contributed by atoms with E-state index in [9.17, 15) is 9.59 Å². The van der Waals surface area contributed by atoms with Crippen molar-refractivity contribution >= 4 is 11.6 Å². The Kier molecular flexibility index (Phi) is 3.39. The number of fused-ring (bicyclic) bond motifs is 3. The Morgan fingerprint density at radius 1 is 1.14 bits per heavy atom. The van der Waals surface area contributed by atoms with Crippen molar-refractivity contribution in [2.75, 3.05) is 7.11 Å². The minimum atomic E-state index is -0.252. The van der Waals surface area contributed by atoms with Crippen LogP contribution in [0.15, 0.2) is 23.0 Å². The first-order valence-corrected chi connectivity index (χ1v) is 8.28. The van der Waals surface area contributed by atoms with Crippen LogP contribution < -0.4 is 0 Å². The molecule has 0 radical (unpaired) electrons. The molecule has 0 aliphatic heterocycles. The Labute approximate surface area is 132 Å². The van der Waals surface area contributed by atoms with Crippen LogP contribution in [0.3, 0.4) is 0 Å². The van der Waals surface area contributed by atoms with Gasteiger partial charge in [-0.15, -0.1) is 0 Å². The van der Waals surface area contributed by atoms with E-state index < -0.39 is 0 Å². The van der Waals surface area contributed by atoms with Crippen LogP contribution in [-0.4, -0.2) is 18.7 Å². The van der Waals surface area contributed by atoms with Gasteiger partial charge in [-0.1, -0.05) is 38.8 Å². The topological polar surface area (TPSA) is 43.4 Å². The second kappa shape index (κ2) is 4.81. The highest BCUT2D eigenvalue weighted by molar-refractivity contribution is 6.13. The van der Waals surface area contributed by atoms with Crippen molar-refractivity contribution in [3.05, 3.63) is 23.0 Å². The molecule has 0 saturated heterocycles. The van der Waals surface area contributed by atoms with E-state index in [2.05, 4.69) is 26.8 Å². The molecule has 0 aromatic heterocycles. The van der Waals surface area contributed by atoms with Gasteiger partial charge >= 0.3 is 0 Å². The molecule has 3 nitrogen and oxygen atoms in total. The van der Waals surface area contributed by atoms with Crippen molar-refractivity contribution in [1.29, 1.82) is 0 Å². The minimum absolute atomic E-state index is 0.0374. The summed E-state index contributed by atoms with van der Waals surface area (Å²) in [5, 5.41) is 0. The van der Waals surface area contributed by atoms with Crippen LogP contribution in [0.25, 0.3) is 0 Å².